The Morgan fingerprint density at radius 1 is 1.41 bits per heavy atom. The van der Waals surface area contributed by atoms with Gasteiger partial charge < -0.3 is 10.4 Å². The van der Waals surface area contributed by atoms with Gasteiger partial charge in [0.15, 0.2) is 5.78 Å². The second-order valence-corrected chi connectivity index (χ2v) is 4.62. The van der Waals surface area contributed by atoms with Crippen molar-refractivity contribution >= 4 is 5.78 Å². The first-order chi connectivity index (χ1) is 8.19. The molecule has 1 atom stereocenters. The normalized spacial score (nSPS) is 24.9. The summed E-state index contributed by atoms with van der Waals surface area (Å²) in [6.45, 7) is 2.76. The Morgan fingerprint density at radius 2 is 2.24 bits per heavy atom. The van der Waals surface area contributed by atoms with Crippen molar-refractivity contribution in [3.05, 3.63) is 29.8 Å². The fraction of sp³-hybridized carbons (Fsp3) is 0.500. The Hall–Kier alpha value is -1.35. The molecular formula is C14H19NO2. The van der Waals surface area contributed by atoms with E-state index in [2.05, 4.69) is 5.32 Å². The molecule has 92 valence electrons. The van der Waals surface area contributed by atoms with Crippen LogP contribution in [0.3, 0.4) is 0 Å². The maximum Gasteiger partial charge on any atom is 0.157 e. The standard InChI is InChI=1S/C14H19NO2/c1-2-15-14(9-4-3-8-13(14)17)11-6-5-7-12(16)10-11/h5-7,10,15-16H,2-4,8-9H2,1H3/t14-/m1/s1. The number of hydrogen-bond donors (Lipinski definition) is 2. The highest BCUT2D eigenvalue weighted by Crippen LogP contribution is 2.35. The maximum absolute atomic E-state index is 12.3. The number of likely N-dealkylation sites (N-methyl/N-ethyl adjacent to an activating group) is 1. The van der Waals surface area contributed by atoms with Crippen LogP contribution in [0.1, 0.15) is 38.2 Å². The Balaban J connectivity index is 2.42. The summed E-state index contributed by atoms with van der Waals surface area (Å²) < 4.78 is 0. The van der Waals surface area contributed by atoms with Gasteiger partial charge in [-0.2, -0.15) is 0 Å². The van der Waals surface area contributed by atoms with Crippen LogP contribution in [0.25, 0.3) is 0 Å². The SMILES string of the molecule is CCN[C@@]1(c2cccc(O)c2)CCCCC1=O. The molecule has 0 aromatic heterocycles. The first-order valence-corrected chi connectivity index (χ1v) is 6.27. The quantitative estimate of drug-likeness (QED) is 0.842. The van der Waals surface area contributed by atoms with Crippen LogP contribution in [0.4, 0.5) is 0 Å². The predicted molar refractivity (Wildman–Crippen MR) is 66.9 cm³/mol. The highest BCUT2D eigenvalue weighted by atomic mass is 16.3. The van der Waals surface area contributed by atoms with Crippen molar-refractivity contribution in [3.8, 4) is 5.75 Å². The van der Waals surface area contributed by atoms with E-state index in [4.69, 9.17) is 0 Å². The molecule has 17 heavy (non-hydrogen) atoms. The second-order valence-electron chi connectivity index (χ2n) is 4.62. The van der Waals surface area contributed by atoms with E-state index in [1.54, 1.807) is 18.2 Å². The molecule has 0 amide bonds. The first kappa shape index (κ1) is 12.1. The number of benzene rings is 1. The number of nitrogens with one attached hydrogen (secondary N) is 1. The van der Waals surface area contributed by atoms with Gasteiger partial charge in [0.1, 0.15) is 11.3 Å². The van der Waals surface area contributed by atoms with Crippen LogP contribution >= 0.6 is 0 Å². The lowest BCUT2D eigenvalue weighted by Gasteiger charge is -2.37. The molecule has 2 N–H and O–H groups in total. The third-order valence-electron chi connectivity index (χ3n) is 3.50. The van der Waals surface area contributed by atoms with Gasteiger partial charge in [0.2, 0.25) is 0 Å². The summed E-state index contributed by atoms with van der Waals surface area (Å²) in [5.41, 5.74) is 0.315. The molecule has 0 spiro atoms. The molecule has 0 bridgehead atoms. The zero-order valence-electron chi connectivity index (χ0n) is 10.2. The molecule has 0 heterocycles. The molecule has 0 saturated heterocycles. The van der Waals surface area contributed by atoms with Crippen molar-refractivity contribution in [1.82, 2.24) is 5.32 Å². The van der Waals surface area contributed by atoms with Crippen molar-refractivity contribution < 1.29 is 9.90 Å². The van der Waals surface area contributed by atoms with Gasteiger partial charge in [-0.15, -0.1) is 0 Å². The lowest BCUT2D eigenvalue weighted by molar-refractivity contribution is -0.128. The molecule has 1 aliphatic rings. The second kappa shape index (κ2) is 4.88. The number of rotatable bonds is 3. The van der Waals surface area contributed by atoms with Crippen molar-refractivity contribution in [2.24, 2.45) is 0 Å². The maximum atomic E-state index is 12.3. The average molecular weight is 233 g/mol. The number of hydrogen-bond acceptors (Lipinski definition) is 3. The molecule has 0 aliphatic heterocycles. The van der Waals surface area contributed by atoms with Gasteiger partial charge in [-0.3, -0.25) is 4.79 Å². The van der Waals surface area contributed by atoms with E-state index in [0.29, 0.717) is 6.42 Å². The van der Waals surface area contributed by atoms with Crippen molar-refractivity contribution in [2.75, 3.05) is 6.54 Å². The van der Waals surface area contributed by atoms with Crippen molar-refractivity contribution in [3.63, 3.8) is 0 Å². The minimum absolute atomic E-state index is 0.221. The number of phenolic OH excluding ortho intramolecular Hbond substituents is 1. The van der Waals surface area contributed by atoms with E-state index in [-0.39, 0.29) is 11.5 Å². The van der Waals surface area contributed by atoms with E-state index in [9.17, 15) is 9.90 Å². The van der Waals surface area contributed by atoms with Crippen LogP contribution in [0.5, 0.6) is 5.75 Å². The lowest BCUT2D eigenvalue weighted by Crippen LogP contribution is -2.50. The van der Waals surface area contributed by atoms with E-state index in [1.807, 2.05) is 13.0 Å². The van der Waals surface area contributed by atoms with Gasteiger partial charge in [-0.1, -0.05) is 25.5 Å². The van der Waals surface area contributed by atoms with Crippen LogP contribution < -0.4 is 5.32 Å². The van der Waals surface area contributed by atoms with Crippen LogP contribution in [-0.2, 0) is 10.3 Å². The molecule has 1 aromatic carbocycles. The fourth-order valence-corrected chi connectivity index (χ4v) is 2.70. The topological polar surface area (TPSA) is 49.3 Å². The van der Waals surface area contributed by atoms with Gasteiger partial charge in [0.25, 0.3) is 0 Å². The molecule has 1 aliphatic carbocycles. The minimum Gasteiger partial charge on any atom is -0.508 e. The third kappa shape index (κ3) is 2.20. The summed E-state index contributed by atoms with van der Waals surface area (Å²) in [5.74, 6) is 0.467. The van der Waals surface area contributed by atoms with E-state index in [1.165, 1.54) is 0 Å². The van der Waals surface area contributed by atoms with Crippen LogP contribution in [-0.4, -0.2) is 17.4 Å². The molecule has 3 nitrogen and oxygen atoms in total. The fourth-order valence-electron chi connectivity index (χ4n) is 2.70. The van der Waals surface area contributed by atoms with Crippen LogP contribution in [0.2, 0.25) is 0 Å². The molecule has 1 saturated carbocycles. The Kier molecular flexibility index (Phi) is 3.48. The Bertz CT molecular complexity index is 412. The Morgan fingerprint density at radius 3 is 2.88 bits per heavy atom. The van der Waals surface area contributed by atoms with Gasteiger partial charge in [0, 0.05) is 6.42 Å². The summed E-state index contributed by atoms with van der Waals surface area (Å²) in [7, 11) is 0. The molecule has 3 heteroatoms. The van der Waals surface area contributed by atoms with Crippen LogP contribution in [0, 0.1) is 0 Å². The number of aromatic hydroxyl groups is 1. The van der Waals surface area contributed by atoms with Crippen molar-refractivity contribution in [1.29, 1.82) is 0 Å². The molecule has 1 fully saturated rings. The monoisotopic (exact) mass is 233 g/mol. The summed E-state index contributed by atoms with van der Waals surface area (Å²) in [5, 5.41) is 12.9. The first-order valence-electron chi connectivity index (χ1n) is 6.27. The van der Waals surface area contributed by atoms with Gasteiger partial charge in [0.05, 0.1) is 0 Å². The lowest BCUT2D eigenvalue weighted by atomic mass is 9.75. The van der Waals surface area contributed by atoms with Gasteiger partial charge >= 0.3 is 0 Å². The van der Waals surface area contributed by atoms with E-state index in [0.717, 1.165) is 31.4 Å². The van der Waals surface area contributed by atoms with Gasteiger partial charge in [-0.05, 0) is 37.1 Å². The molecule has 1 aromatic rings. The number of carbonyl (C=O) groups is 1. The number of phenols is 1. The van der Waals surface area contributed by atoms with E-state index >= 15 is 0 Å². The zero-order chi connectivity index (χ0) is 12.3. The Labute approximate surface area is 102 Å². The summed E-state index contributed by atoms with van der Waals surface area (Å²) in [6.07, 6.45) is 3.48. The largest absolute Gasteiger partial charge is 0.508 e. The predicted octanol–water partition coefficient (Wildman–Crippen LogP) is 2.34. The van der Waals surface area contributed by atoms with E-state index < -0.39 is 5.54 Å². The minimum atomic E-state index is -0.578. The highest BCUT2D eigenvalue weighted by Gasteiger charge is 2.40. The molecule has 2 rings (SSSR count). The molecule has 0 unspecified atom stereocenters. The summed E-state index contributed by atoms with van der Waals surface area (Å²) in [4.78, 5) is 12.3. The van der Waals surface area contributed by atoms with Gasteiger partial charge in [-0.25, -0.2) is 0 Å². The number of ketones is 1. The van der Waals surface area contributed by atoms with Crippen LogP contribution in [0.15, 0.2) is 24.3 Å². The summed E-state index contributed by atoms with van der Waals surface area (Å²) in [6, 6.07) is 7.06. The average Bonchev–Trinajstić information content (AvgIpc) is 2.32. The van der Waals surface area contributed by atoms with Crippen molar-refractivity contribution in [2.45, 2.75) is 38.1 Å². The third-order valence-corrected chi connectivity index (χ3v) is 3.50. The molecule has 0 radical (unpaired) electrons. The number of Topliss-reactive ketones (excluding diaryl/α,β-unsaturated/α-hetero) is 1. The smallest absolute Gasteiger partial charge is 0.157 e. The molecular weight excluding hydrogens is 214 g/mol. The highest BCUT2D eigenvalue weighted by molar-refractivity contribution is 5.90. The zero-order valence-corrected chi connectivity index (χ0v) is 10.2. The number of carbonyl (C=O) groups excluding carboxylic acids is 1. The summed E-state index contributed by atoms with van der Waals surface area (Å²) >= 11 is 0.